The molecule has 0 spiro atoms. The molecule has 0 aliphatic rings. The topological polar surface area (TPSA) is 0 Å². The van der Waals surface area contributed by atoms with Gasteiger partial charge in [-0.2, -0.15) is 0 Å². The predicted octanol–water partition coefficient (Wildman–Crippen LogP) is 5.09. The quantitative estimate of drug-likeness (QED) is 0.626. The molecule has 0 heteroatoms. The molecular weight excluding hydrogens is 180 g/mol. The van der Waals surface area contributed by atoms with E-state index in [0.29, 0.717) is 0 Å². The van der Waals surface area contributed by atoms with Gasteiger partial charge < -0.3 is 0 Å². The Labute approximate surface area is 94.3 Å². The van der Waals surface area contributed by atoms with E-state index in [9.17, 15) is 0 Å². The molecule has 0 bridgehead atoms. The zero-order valence-corrected chi connectivity index (χ0v) is 10.4. The maximum absolute atomic E-state index is 3.93. The average molecular weight is 202 g/mol. The minimum atomic E-state index is 1.09. The normalized spacial score (nSPS) is 8.80. The number of hydrogen-bond donors (Lipinski definition) is 0. The number of rotatable bonds is 2. The van der Waals surface area contributed by atoms with Crippen LogP contribution in [0.1, 0.15) is 43.9 Å². The first-order chi connectivity index (χ1) is 7.06. The van der Waals surface area contributed by atoms with Crippen molar-refractivity contribution in [3.63, 3.8) is 0 Å². The maximum atomic E-state index is 3.93. The van der Waals surface area contributed by atoms with Crippen LogP contribution in [0.25, 0.3) is 11.6 Å². The fourth-order valence-corrected chi connectivity index (χ4v) is 1.22. The molecule has 0 nitrogen and oxygen atoms in total. The van der Waals surface area contributed by atoms with E-state index in [0.717, 1.165) is 11.1 Å². The Bertz CT molecular complexity index is 332. The Morgan fingerprint density at radius 1 is 1.33 bits per heavy atom. The van der Waals surface area contributed by atoms with Crippen LogP contribution in [0.4, 0.5) is 0 Å². The summed E-state index contributed by atoms with van der Waals surface area (Å²) in [5, 5.41) is 0. The Balaban J connectivity index is 0.000000583. The first-order valence-corrected chi connectivity index (χ1v) is 5.45. The van der Waals surface area contributed by atoms with E-state index in [-0.39, 0.29) is 0 Å². The van der Waals surface area contributed by atoms with Crippen molar-refractivity contribution in [2.45, 2.75) is 34.1 Å². The summed E-state index contributed by atoms with van der Waals surface area (Å²) < 4.78 is 0. The molecular formula is C15H22. The van der Waals surface area contributed by atoms with Gasteiger partial charge in [-0.15, -0.1) is 0 Å². The Hall–Kier alpha value is -1.30. The highest BCUT2D eigenvalue weighted by Crippen LogP contribution is 2.19. The Morgan fingerprint density at radius 2 is 1.87 bits per heavy atom. The van der Waals surface area contributed by atoms with Crippen molar-refractivity contribution in [1.82, 2.24) is 0 Å². The zero-order chi connectivity index (χ0) is 11.8. The molecule has 1 aromatic rings. The van der Waals surface area contributed by atoms with E-state index in [4.69, 9.17) is 0 Å². The zero-order valence-electron chi connectivity index (χ0n) is 10.4. The standard InChI is InChI=1S/C12H14.C3H8/c1-5-11-7-6-10(4)8-12(11)9(2)3;1-3-2/h5-8H,1-2H2,3-4H3;3H2,1-2H3. The minimum absolute atomic E-state index is 1.09. The van der Waals surface area contributed by atoms with Crippen molar-refractivity contribution in [2.75, 3.05) is 0 Å². The summed E-state index contributed by atoms with van der Waals surface area (Å²) in [4.78, 5) is 0. The number of benzene rings is 1. The summed E-state index contributed by atoms with van der Waals surface area (Å²) in [5.74, 6) is 0. The monoisotopic (exact) mass is 202 g/mol. The fraction of sp³-hybridized carbons (Fsp3) is 0.333. The summed E-state index contributed by atoms with van der Waals surface area (Å²) in [7, 11) is 0. The second kappa shape index (κ2) is 7.05. The first-order valence-electron chi connectivity index (χ1n) is 5.45. The molecule has 0 atom stereocenters. The summed E-state index contributed by atoms with van der Waals surface area (Å²) >= 11 is 0. The number of allylic oxidation sites excluding steroid dienone is 1. The van der Waals surface area contributed by atoms with Crippen molar-refractivity contribution >= 4 is 11.6 Å². The lowest BCUT2D eigenvalue weighted by molar-refractivity contribution is 1.09. The van der Waals surface area contributed by atoms with Gasteiger partial charge in [0.1, 0.15) is 0 Å². The van der Waals surface area contributed by atoms with E-state index in [1.807, 2.05) is 13.0 Å². The van der Waals surface area contributed by atoms with Crippen LogP contribution < -0.4 is 0 Å². The lowest BCUT2D eigenvalue weighted by Crippen LogP contribution is -1.85. The van der Waals surface area contributed by atoms with Gasteiger partial charge >= 0.3 is 0 Å². The highest BCUT2D eigenvalue weighted by atomic mass is 14.0. The molecule has 0 fully saturated rings. The third kappa shape index (κ3) is 4.64. The van der Waals surface area contributed by atoms with E-state index >= 15 is 0 Å². The van der Waals surface area contributed by atoms with Crippen molar-refractivity contribution < 1.29 is 0 Å². The lowest BCUT2D eigenvalue weighted by Gasteiger charge is -2.05. The highest BCUT2D eigenvalue weighted by molar-refractivity contribution is 5.71. The summed E-state index contributed by atoms with van der Waals surface area (Å²) in [6, 6.07) is 6.30. The summed E-state index contributed by atoms with van der Waals surface area (Å²) in [6.07, 6.45) is 3.11. The van der Waals surface area contributed by atoms with Gasteiger partial charge in [-0.3, -0.25) is 0 Å². The minimum Gasteiger partial charge on any atom is -0.0984 e. The van der Waals surface area contributed by atoms with Gasteiger partial charge in [-0.1, -0.05) is 68.8 Å². The molecule has 15 heavy (non-hydrogen) atoms. The molecule has 0 saturated heterocycles. The second-order valence-electron chi connectivity index (χ2n) is 3.78. The highest BCUT2D eigenvalue weighted by Gasteiger charge is 1.98. The van der Waals surface area contributed by atoms with Crippen LogP contribution in [0.15, 0.2) is 31.4 Å². The van der Waals surface area contributed by atoms with Crippen molar-refractivity contribution in [1.29, 1.82) is 0 Å². The van der Waals surface area contributed by atoms with Crippen LogP contribution in [0, 0.1) is 6.92 Å². The number of hydrogen-bond acceptors (Lipinski definition) is 0. The van der Waals surface area contributed by atoms with Gasteiger partial charge in [0.2, 0.25) is 0 Å². The maximum Gasteiger partial charge on any atom is -0.0158 e. The molecule has 0 unspecified atom stereocenters. The SMILES string of the molecule is C=Cc1ccc(C)cc1C(=C)C.CCC. The van der Waals surface area contributed by atoms with E-state index < -0.39 is 0 Å². The van der Waals surface area contributed by atoms with Crippen LogP contribution >= 0.6 is 0 Å². The van der Waals surface area contributed by atoms with E-state index in [2.05, 4.69) is 52.1 Å². The molecule has 0 aliphatic heterocycles. The van der Waals surface area contributed by atoms with Gasteiger partial charge in [0.05, 0.1) is 0 Å². The van der Waals surface area contributed by atoms with Gasteiger partial charge in [0.15, 0.2) is 0 Å². The molecule has 0 aromatic heterocycles. The second-order valence-corrected chi connectivity index (χ2v) is 3.78. The van der Waals surface area contributed by atoms with Crippen LogP contribution in [-0.4, -0.2) is 0 Å². The molecule has 0 saturated carbocycles. The van der Waals surface area contributed by atoms with Crippen LogP contribution in [-0.2, 0) is 0 Å². The Kier molecular flexibility index (Phi) is 6.44. The summed E-state index contributed by atoms with van der Waals surface area (Å²) in [6.45, 7) is 16.0. The third-order valence-corrected chi connectivity index (χ3v) is 1.89. The van der Waals surface area contributed by atoms with Gasteiger partial charge in [-0.25, -0.2) is 0 Å². The summed E-state index contributed by atoms with van der Waals surface area (Å²) in [5.41, 5.74) is 4.71. The van der Waals surface area contributed by atoms with Crippen molar-refractivity contribution in [2.24, 2.45) is 0 Å². The molecule has 1 rings (SSSR count). The molecule has 0 radical (unpaired) electrons. The fourth-order valence-electron chi connectivity index (χ4n) is 1.22. The van der Waals surface area contributed by atoms with Gasteiger partial charge in [0, 0.05) is 0 Å². The van der Waals surface area contributed by atoms with E-state index in [1.165, 1.54) is 17.5 Å². The first kappa shape index (κ1) is 13.7. The van der Waals surface area contributed by atoms with Crippen LogP contribution in [0.2, 0.25) is 0 Å². The molecule has 82 valence electrons. The molecule has 0 heterocycles. The van der Waals surface area contributed by atoms with Crippen LogP contribution in [0.3, 0.4) is 0 Å². The van der Waals surface area contributed by atoms with Crippen LogP contribution in [0.5, 0.6) is 0 Å². The smallest absolute Gasteiger partial charge is 0.0158 e. The Morgan fingerprint density at radius 3 is 2.27 bits per heavy atom. The van der Waals surface area contributed by atoms with Gasteiger partial charge in [-0.05, 0) is 25.0 Å². The van der Waals surface area contributed by atoms with Crippen molar-refractivity contribution in [3.8, 4) is 0 Å². The average Bonchev–Trinajstić information content (AvgIpc) is 2.19. The van der Waals surface area contributed by atoms with E-state index in [1.54, 1.807) is 0 Å². The molecule has 1 aromatic carbocycles. The third-order valence-electron chi connectivity index (χ3n) is 1.89. The molecule has 0 N–H and O–H groups in total. The molecule has 0 aliphatic carbocycles. The number of aryl methyl sites for hydroxylation is 1. The lowest BCUT2D eigenvalue weighted by atomic mass is 10.00. The predicted molar refractivity (Wildman–Crippen MR) is 71.9 cm³/mol. The largest absolute Gasteiger partial charge is 0.0984 e. The molecule has 0 amide bonds. The van der Waals surface area contributed by atoms with Gasteiger partial charge in [0.25, 0.3) is 0 Å². The van der Waals surface area contributed by atoms with Crippen molar-refractivity contribution in [3.05, 3.63) is 48.0 Å².